The number of nitrogens with zero attached hydrogens (tertiary/aromatic N) is 1. The van der Waals surface area contributed by atoms with E-state index in [0.29, 0.717) is 11.4 Å². The smallest absolute Gasteiger partial charge is 0.308 e. The Bertz CT molecular complexity index is 843. The zero-order chi connectivity index (χ0) is 17.6. The molecule has 0 aliphatic carbocycles. The third-order valence-corrected chi connectivity index (χ3v) is 5.33. The lowest BCUT2D eigenvalue weighted by molar-refractivity contribution is -0.131. The largest absolute Gasteiger partial charge is 0.427 e. The summed E-state index contributed by atoms with van der Waals surface area (Å²) in [5.74, 6) is 0.896. The number of ether oxygens (including phenoxy) is 1. The molecule has 0 aromatic heterocycles. The summed E-state index contributed by atoms with van der Waals surface area (Å²) >= 11 is 2.72. The molecule has 0 fully saturated rings. The maximum Gasteiger partial charge on any atom is 0.308 e. The number of hydrogen-bond donors (Lipinski definition) is 0. The molecule has 3 rings (SSSR count). The van der Waals surface area contributed by atoms with Crippen LogP contribution in [0.4, 0.5) is 0 Å². The molecule has 1 aliphatic heterocycles. The molecule has 0 radical (unpaired) electrons. The lowest BCUT2D eigenvalue weighted by Gasteiger charge is -2.01. The van der Waals surface area contributed by atoms with Crippen LogP contribution in [0, 0.1) is 0 Å². The third kappa shape index (κ3) is 5.08. The summed E-state index contributed by atoms with van der Waals surface area (Å²) in [5, 5.41) is -0.0559. The molecule has 4 nitrogen and oxygen atoms in total. The first-order chi connectivity index (χ1) is 12.1. The van der Waals surface area contributed by atoms with Gasteiger partial charge in [-0.25, -0.2) is 4.99 Å². The van der Waals surface area contributed by atoms with Crippen molar-refractivity contribution < 1.29 is 14.3 Å². The van der Waals surface area contributed by atoms with Crippen molar-refractivity contribution >= 4 is 45.1 Å². The number of hydrogen-bond acceptors (Lipinski definition) is 6. The molecule has 2 aromatic rings. The van der Waals surface area contributed by atoms with Crippen molar-refractivity contribution in [2.45, 2.75) is 12.7 Å². The van der Waals surface area contributed by atoms with E-state index in [1.807, 2.05) is 18.2 Å². The lowest BCUT2D eigenvalue weighted by atomic mass is 10.2. The van der Waals surface area contributed by atoms with E-state index in [-0.39, 0.29) is 11.1 Å². The van der Waals surface area contributed by atoms with Crippen molar-refractivity contribution in [3.8, 4) is 5.75 Å². The van der Waals surface area contributed by atoms with Gasteiger partial charge in [-0.05, 0) is 41.1 Å². The number of aliphatic imine (C=N–C) groups is 1. The lowest BCUT2D eigenvalue weighted by Crippen LogP contribution is -2.00. The van der Waals surface area contributed by atoms with Gasteiger partial charge in [0.05, 0.1) is 0 Å². The van der Waals surface area contributed by atoms with Crippen molar-refractivity contribution in [2.75, 3.05) is 0 Å². The van der Waals surface area contributed by atoms with E-state index in [9.17, 15) is 9.59 Å². The summed E-state index contributed by atoms with van der Waals surface area (Å²) in [5.41, 5.74) is 2.46. The van der Waals surface area contributed by atoms with Gasteiger partial charge < -0.3 is 4.74 Å². The molecular formula is C19H15NO3S2. The standard InChI is InChI=1S/C19H15NO3S2/c1-13(21)23-16-9-7-14(8-10-16)11-17-18(22)25-19(20-17)24-12-15-5-3-2-4-6-15/h2-11H,12H2,1H3. The molecule has 0 bridgehead atoms. The molecule has 0 saturated heterocycles. The number of thioether (sulfide) groups is 2. The molecule has 2 aromatic carbocycles. The predicted octanol–water partition coefficient (Wildman–Crippen LogP) is 4.52. The number of carbonyl (C=O) groups excluding carboxylic acids is 2. The van der Waals surface area contributed by atoms with Crippen LogP contribution in [0.25, 0.3) is 6.08 Å². The minimum atomic E-state index is -0.363. The average Bonchev–Trinajstić information content (AvgIpc) is 2.95. The number of carbonyl (C=O) groups is 2. The zero-order valence-corrected chi connectivity index (χ0v) is 15.1. The number of rotatable bonds is 4. The van der Waals surface area contributed by atoms with Crippen molar-refractivity contribution in [2.24, 2.45) is 4.99 Å². The summed E-state index contributed by atoms with van der Waals surface area (Å²) in [7, 11) is 0. The highest BCUT2D eigenvalue weighted by molar-refractivity contribution is 8.45. The van der Waals surface area contributed by atoms with E-state index < -0.39 is 0 Å². The van der Waals surface area contributed by atoms with Crippen LogP contribution in [0.5, 0.6) is 5.75 Å². The first kappa shape index (κ1) is 17.5. The Kier molecular flexibility index (Phi) is 5.73. The number of esters is 1. The molecule has 0 atom stereocenters. The second-order valence-corrected chi connectivity index (χ2v) is 7.42. The van der Waals surface area contributed by atoms with Gasteiger partial charge in [0.1, 0.15) is 15.8 Å². The minimum absolute atomic E-state index is 0.0559. The Morgan fingerprint density at radius 1 is 1.16 bits per heavy atom. The molecule has 1 heterocycles. The van der Waals surface area contributed by atoms with Gasteiger partial charge in [0.15, 0.2) is 0 Å². The Labute approximate surface area is 154 Å². The van der Waals surface area contributed by atoms with Crippen molar-refractivity contribution in [1.29, 1.82) is 0 Å². The Morgan fingerprint density at radius 3 is 2.56 bits per heavy atom. The minimum Gasteiger partial charge on any atom is -0.427 e. The maximum absolute atomic E-state index is 12.1. The summed E-state index contributed by atoms with van der Waals surface area (Å²) in [6.07, 6.45) is 1.74. The molecule has 126 valence electrons. The van der Waals surface area contributed by atoms with E-state index in [1.54, 1.807) is 42.1 Å². The van der Waals surface area contributed by atoms with E-state index in [4.69, 9.17) is 4.74 Å². The fraction of sp³-hybridized carbons (Fsp3) is 0.105. The van der Waals surface area contributed by atoms with Crippen LogP contribution >= 0.6 is 23.5 Å². The highest BCUT2D eigenvalue weighted by Crippen LogP contribution is 2.32. The van der Waals surface area contributed by atoms with Crippen LogP contribution in [-0.4, -0.2) is 15.5 Å². The molecule has 0 saturated carbocycles. The normalized spacial score (nSPS) is 15.3. The molecule has 0 spiro atoms. The average molecular weight is 369 g/mol. The molecule has 0 unspecified atom stereocenters. The summed E-state index contributed by atoms with van der Waals surface area (Å²) in [4.78, 5) is 27.4. The Balaban J connectivity index is 1.67. The predicted molar refractivity (Wildman–Crippen MR) is 103 cm³/mol. The molecule has 25 heavy (non-hydrogen) atoms. The topological polar surface area (TPSA) is 55.7 Å². The van der Waals surface area contributed by atoms with Crippen molar-refractivity contribution in [3.63, 3.8) is 0 Å². The van der Waals surface area contributed by atoms with Crippen molar-refractivity contribution in [1.82, 2.24) is 0 Å². The monoisotopic (exact) mass is 369 g/mol. The van der Waals surface area contributed by atoms with Gasteiger partial charge in [-0.1, -0.05) is 54.2 Å². The quantitative estimate of drug-likeness (QED) is 0.451. The van der Waals surface area contributed by atoms with Crippen LogP contribution < -0.4 is 4.74 Å². The molecule has 6 heteroatoms. The van der Waals surface area contributed by atoms with E-state index in [0.717, 1.165) is 27.5 Å². The summed E-state index contributed by atoms with van der Waals surface area (Å²) in [6, 6.07) is 17.0. The summed E-state index contributed by atoms with van der Waals surface area (Å²) < 4.78 is 5.75. The fourth-order valence-corrected chi connectivity index (χ4v) is 3.92. The molecule has 1 aliphatic rings. The van der Waals surface area contributed by atoms with Crippen molar-refractivity contribution in [3.05, 3.63) is 71.4 Å². The highest BCUT2D eigenvalue weighted by atomic mass is 32.2. The van der Waals surface area contributed by atoms with E-state index >= 15 is 0 Å². The Morgan fingerprint density at radius 2 is 1.88 bits per heavy atom. The fourth-order valence-electron chi connectivity index (χ4n) is 2.13. The van der Waals surface area contributed by atoms with Crippen LogP contribution in [0.1, 0.15) is 18.1 Å². The molecular weight excluding hydrogens is 354 g/mol. The first-order valence-electron chi connectivity index (χ1n) is 7.58. The van der Waals surface area contributed by atoms with Gasteiger partial charge in [-0.15, -0.1) is 0 Å². The van der Waals surface area contributed by atoms with Gasteiger partial charge in [-0.2, -0.15) is 0 Å². The van der Waals surface area contributed by atoms with Gasteiger partial charge >= 0.3 is 5.97 Å². The maximum atomic E-state index is 12.1. The van der Waals surface area contributed by atoms with Crippen LogP contribution in [0.2, 0.25) is 0 Å². The van der Waals surface area contributed by atoms with Gasteiger partial charge in [0.2, 0.25) is 5.12 Å². The molecule has 0 N–H and O–H groups in total. The van der Waals surface area contributed by atoms with Gasteiger partial charge in [-0.3, -0.25) is 9.59 Å². The number of benzene rings is 2. The van der Waals surface area contributed by atoms with Crippen LogP contribution in [0.15, 0.2) is 65.3 Å². The van der Waals surface area contributed by atoms with E-state index in [1.165, 1.54) is 12.5 Å². The first-order valence-corrected chi connectivity index (χ1v) is 9.38. The SMILES string of the molecule is CC(=O)Oc1ccc(C=C2N=C(SCc3ccccc3)SC2=O)cc1. The zero-order valence-electron chi connectivity index (χ0n) is 13.5. The van der Waals surface area contributed by atoms with Gasteiger partial charge in [0, 0.05) is 12.7 Å². The van der Waals surface area contributed by atoms with E-state index in [2.05, 4.69) is 17.1 Å². The van der Waals surface area contributed by atoms with Crippen LogP contribution in [0.3, 0.4) is 0 Å². The third-order valence-electron chi connectivity index (χ3n) is 3.25. The second kappa shape index (κ2) is 8.18. The Hall–Kier alpha value is -2.31. The van der Waals surface area contributed by atoms with Gasteiger partial charge in [0.25, 0.3) is 0 Å². The second-order valence-electron chi connectivity index (χ2n) is 5.23. The highest BCUT2D eigenvalue weighted by Gasteiger charge is 2.22. The summed E-state index contributed by atoms with van der Waals surface area (Å²) in [6.45, 7) is 1.35. The van der Waals surface area contributed by atoms with Crippen LogP contribution in [-0.2, 0) is 15.3 Å². The molecule has 0 amide bonds.